The van der Waals surface area contributed by atoms with Crippen LogP contribution in [-0.4, -0.2) is 189 Å². The van der Waals surface area contributed by atoms with E-state index in [9.17, 15) is 44.7 Å². The summed E-state index contributed by atoms with van der Waals surface area (Å²) in [7, 11) is 3.42. The van der Waals surface area contributed by atoms with Crippen molar-refractivity contribution < 1.29 is 73.9 Å². The number of hydrogen-bond donors (Lipinski definition) is 12. The third kappa shape index (κ3) is 17.7. The number of benzene rings is 2. The van der Waals surface area contributed by atoms with E-state index in [4.69, 9.17) is 35.0 Å². The number of aromatic nitrogens is 1. The van der Waals surface area contributed by atoms with Gasteiger partial charge in [0.05, 0.1) is 66.2 Å². The second-order valence-electron chi connectivity index (χ2n) is 21.3. The minimum Gasteiger partial charge on any atom is -0.507 e. The summed E-state index contributed by atoms with van der Waals surface area (Å²) in [4.78, 5) is 57.1. The lowest BCUT2D eigenvalue weighted by Gasteiger charge is -2.38. The third-order valence-corrected chi connectivity index (χ3v) is 15.4. The number of carbonyl (C=O) groups excluding carboxylic acids is 4. The first-order valence-corrected chi connectivity index (χ1v) is 28.0. The van der Waals surface area contributed by atoms with Gasteiger partial charge in [-0.15, -0.1) is 0 Å². The maximum absolute atomic E-state index is 14.4. The fourth-order valence-corrected chi connectivity index (χ4v) is 9.74. The number of nitrogens with zero attached hydrogens (tertiary/aromatic N) is 4. The van der Waals surface area contributed by atoms with Gasteiger partial charge in [0.1, 0.15) is 23.4 Å². The van der Waals surface area contributed by atoms with E-state index in [0.29, 0.717) is 18.7 Å². The number of anilines is 1. The first kappa shape index (κ1) is 68.8. The minimum atomic E-state index is -2.04. The van der Waals surface area contributed by atoms with Crippen LogP contribution in [0.25, 0.3) is 10.8 Å². The number of nitrogen functional groups attached to an aromatic ring is 1. The number of hydrazine groups is 1. The summed E-state index contributed by atoms with van der Waals surface area (Å²) in [6, 6.07) is 3.57. The molecule has 1 saturated heterocycles. The summed E-state index contributed by atoms with van der Waals surface area (Å²) in [6.45, 7) is 21.2. The Kier molecular flexibility index (Phi) is 26.8. The van der Waals surface area contributed by atoms with Crippen molar-refractivity contribution in [2.75, 3.05) is 72.0 Å². The standard InChI is InChI=1S/C43H58N4O12.C10H24N2O2.C6H7N3O/c1-21-12-11-13-22(2)42(55)45-33-28(20-44-47-17-15-46(9)16-18-47)37(52)30-31(38(33)53)36(51)26(6)40-32(30)41(54)43(8,59-40)57-19-14-29(56-10)23(3)39(58-27(7)48)25(5)35(50)24(4)34(21)49;1-3-9(7-13)11-5-6-12-10(4-2)8-14;7-9-6(10)5-1-3-8-4-2-5/h11-14,19-21,23-25,29,34-35,39,49-53H,15-18H2,1-10H3,(H,45,55);9-14H,3-8H2,1-2H3;1-4H,7H2,(H,9,10)/b12-11+,19-14+,22-13-,44-20-;;/t21-,23+,24+,25+,29-,34-,35+,39+,43-;9-,10-;/m00./s1. The number of likely N-dealkylation sites (N-methyl/N-ethyl adjacent to an activating group) is 1. The SMILES string of the molecule is CC[C@@H](CO)NCCN[C@@H](CC)CO.CO[C@H]1/C=C/O[C@@]2(C)Oc3c(C)c(O)c4c(O)c(c(/C=N\N5CCN(C)CC5)c(O)c4c3C2=O)NC(=O)/C(C)=C\C=C\[C@H](C)[C@H](O)[C@@H](C)[C@@H](O)[C@@H](C)[C@H](OC(C)=O)[C@@H]1C.NNC(=O)c1ccncc1. The summed E-state index contributed by atoms with van der Waals surface area (Å²) in [5, 5.41) is 91.1. The molecule has 7 rings (SSSR count). The second kappa shape index (κ2) is 32.4. The lowest BCUT2D eigenvalue weighted by atomic mass is 9.78. The van der Waals surface area contributed by atoms with Gasteiger partial charge in [0.25, 0.3) is 17.6 Å². The number of aliphatic hydroxyl groups is 4. The van der Waals surface area contributed by atoms with Gasteiger partial charge in [-0.3, -0.25) is 34.6 Å². The number of amides is 2. The number of phenols is 3. The first-order chi connectivity index (χ1) is 39.4. The second-order valence-corrected chi connectivity index (χ2v) is 21.3. The molecule has 460 valence electrons. The number of allylic oxidation sites excluding steroid dienone is 2. The van der Waals surface area contributed by atoms with E-state index in [1.165, 1.54) is 71.8 Å². The van der Waals surface area contributed by atoms with Crippen LogP contribution in [0.5, 0.6) is 23.0 Å². The molecule has 1 fully saturated rings. The van der Waals surface area contributed by atoms with Crippen LogP contribution >= 0.6 is 0 Å². The van der Waals surface area contributed by atoms with Gasteiger partial charge in [-0.1, -0.05) is 59.8 Å². The number of hydrogen-bond acceptors (Lipinski definition) is 22. The normalized spacial score (nSPS) is 26.5. The third-order valence-electron chi connectivity index (χ3n) is 15.4. The number of nitrogens with one attached hydrogen (secondary N) is 4. The van der Waals surface area contributed by atoms with Crippen LogP contribution in [0.15, 0.2) is 65.8 Å². The molecule has 5 bridgehead atoms. The van der Waals surface area contributed by atoms with Crippen LogP contribution in [0.2, 0.25) is 0 Å². The molecule has 0 unspecified atom stereocenters. The molecule has 0 radical (unpaired) electrons. The van der Waals surface area contributed by atoms with E-state index in [1.54, 1.807) is 57.0 Å². The highest BCUT2D eigenvalue weighted by Gasteiger charge is 2.50. The molecule has 2 amide bonds. The Bertz CT molecular complexity index is 2750. The van der Waals surface area contributed by atoms with Crippen LogP contribution in [0.1, 0.15) is 107 Å². The number of ether oxygens (including phenoxy) is 4. The summed E-state index contributed by atoms with van der Waals surface area (Å²) in [5.74, 6) is -3.76. The van der Waals surface area contributed by atoms with Crippen molar-refractivity contribution in [3.8, 4) is 23.0 Å². The smallest absolute Gasteiger partial charge is 0.312 e. The molecule has 2 aromatic carbocycles. The monoisotopic (exact) mass is 1160 g/mol. The zero-order valence-electron chi connectivity index (χ0n) is 49.9. The van der Waals surface area contributed by atoms with Gasteiger partial charge in [-0.2, -0.15) is 5.10 Å². The van der Waals surface area contributed by atoms with E-state index in [-0.39, 0.29) is 75.7 Å². The van der Waals surface area contributed by atoms with E-state index < -0.39 is 88.8 Å². The Morgan fingerprint density at radius 2 is 1.51 bits per heavy atom. The summed E-state index contributed by atoms with van der Waals surface area (Å²) >= 11 is 0. The lowest BCUT2D eigenvalue weighted by molar-refractivity contribution is -0.160. The molecule has 83 heavy (non-hydrogen) atoms. The summed E-state index contributed by atoms with van der Waals surface area (Å²) < 4.78 is 23.6. The van der Waals surface area contributed by atoms with Crippen molar-refractivity contribution >= 4 is 46.2 Å². The number of methoxy groups -OCH3 is 1. The van der Waals surface area contributed by atoms with Crippen molar-refractivity contribution in [2.24, 2.45) is 34.6 Å². The Balaban J connectivity index is 0.000000507. The van der Waals surface area contributed by atoms with Crippen molar-refractivity contribution in [3.05, 3.63) is 82.9 Å². The summed E-state index contributed by atoms with van der Waals surface area (Å²) in [6.07, 6.45) is 9.80. The molecule has 4 aliphatic rings. The first-order valence-electron chi connectivity index (χ1n) is 28.0. The van der Waals surface area contributed by atoms with Gasteiger partial charge in [-0.25, -0.2) is 5.84 Å². The van der Waals surface area contributed by atoms with Crippen LogP contribution < -0.4 is 32.0 Å². The highest BCUT2D eigenvalue weighted by molar-refractivity contribution is 6.24. The maximum atomic E-state index is 14.4. The number of rotatable bonds is 14. The molecule has 0 aliphatic carbocycles. The molecule has 0 spiro atoms. The molecule has 24 heteroatoms. The number of hydrazone groups is 1. The fraction of sp³-hybridized carbons (Fsp3) is 0.559. The molecular formula is C59H89N9O15. The predicted molar refractivity (Wildman–Crippen MR) is 315 cm³/mol. The molecule has 4 aliphatic heterocycles. The van der Waals surface area contributed by atoms with E-state index >= 15 is 0 Å². The number of Topliss-reactive ketones (excluding diaryl/α,β-unsaturated/α-hetero) is 1. The molecule has 24 nitrogen and oxygen atoms in total. The molecule has 0 saturated carbocycles. The lowest BCUT2D eigenvalue weighted by Crippen LogP contribution is -2.46. The Labute approximate surface area is 486 Å². The number of aromatic hydroxyl groups is 3. The van der Waals surface area contributed by atoms with Gasteiger partial charge in [0.2, 0.25) is 0 Å². The number of carbonyl (C=O) groups is 4. The number of fused-ring (bicyclic) bond motifs is 14. The quantitative estimate of drug-likeness (QED) is 0.0160. The average Bonchev–Trinajstić information content (AvgIpc) is 2.93. The van der Waals surface area contributed by atoms with Gasteiger partial charge in [0, 0.05) is 130 Å². The van der Waals surface area contributed by atoms with Crippen molar-refractivity contribution in [2.45, 2.75) is 124 Å². The van der Waals surface area contributed by atoms with Crippen LogP contribution in [0, 0.1) is 30.6 Å². The number of aliphatic hydroxyl groups excluding tert-OH is 4. The summed E-state index contributed by atoms with van der Waals surface area (Å²) in [5.41, 5.74) is 2.18. The van der Waals surface area contributed by atoms with Crippen LogP contribution in [0.4, 0.5) is 5.69 Å². The number of phenolic OH excluding ortho intramolecular Hbond substituents is 3. The predicted octanol–water partition coefficient (Wildman–Crippen LogP) is 3.73. The zero-order valence-corrected chi connectivity index (χ0v) is 49.9. The Hall–Kier alpha value is -6.74. The van der Waals surface area contributed by atoms with Crippen LogP contribution in [-0.2, 0) is 23.8 Å². The van der Waals surface area contributed by atoms with Gasteiger partial charge in [0.15, 0.2) is 5.75 Å². The molecule has 5 heterocycles. The van der Waals surface area contributed by atoms with E-state index in [0.717, 1.165) is 39.0 Å². The van der Waals surface area contributed by atoms with Crippen molar-refractivity contribution in [1.29, 1.82) is 0 Å². The Morgan fingerprint density at radius 3 is 2.05 bits per heavy atom. The number of pyridine rings is 1. The van der Waals surface area contributed by atoms with Gasteiger partial charge in [-0.05, 0) is 51.9 Å². The minimum absolute atomic E-state index is 0.0559. The van der Waals surface area contributed by atoms with Gasteiger partial charge >= 0.3 is 11.8 Å². The molecule has 13 N–H and O–H groups in total. The highest BCUT2D eigenvalue weighted by atomic mass is 16.7. The van der Waals surface area contributed by atoms with Crippen molar-refractivity contribution in [1.82, 2.24) is 31.0 Å². The Morgan fingerprint density at radius 1 is 0.904 bits per heavy atom. The molecule has 11 atom stereocenters. The van der Waals surface area contributed by atoms with E-state index in [1.807, 2.05) is 26.3 Å². The zero-order chi connectivity index (χ0) is 61.9. The highest BCUT2D eigenvalue weighted by Crippen LogP contribution is 2.55. The molecular weight excluding hydrogens is 1070 g/mol. The number of esters is 1. The van der Waals surface area contributed by atoms with Crippen molar-refractivity contribution in [3.63, 3.8) is 0 Å². The molecule has 1 aromatic heterocycles. The number of ketones is 1. The largest absolute Gasteiger partial charge is 0.507 e. The van der Waals surface area contributed by atoms with Crippen LogP contribution in [0.3, 0.4) is 0 Å². The molecule has 3 aromatic rings. The average molecular weight is 1160 g/mol. The topological polar surface area (TPSA) is 353 Å². The van der Waals surface area contributed by atoms with E-state index in [2.05, 4.69) is 30.9 Å². The number of nitrogens with two attached hydrogens (primary N) is 1. The maximum Gasteiger partial charge on any atom is 0.312 e. The van der Waals surface area contributed by atoms with Gasteiger partial charge < -0.3 is 75.5 Å². The number of piperazine rings is 1. The fourth-order valence-electron chi connectivity index (χ4n) is 9.74.